The van der Waals surface area contributed by atoms with Crippen LogP contribution >= 0.6 is 12.6 Å². The minimum absolute atomic E-state index is 0.205. The molecule has 1 saturated heterocycles. The first-order valence-electron chi connectivity index (χ1n) is 6.96. The van der Waals surface area contributed by atoms with Crippen molar-refractivity contribution < 1.29 is 14.7 Å². The molecular weight excluding hydrogens is 288 g/mol. The lowest BCUT2D eigenvalue weighted by atomic mass is 9.87. The highest BCUT2D eigenvalue weighted by Crippen LogP contribution is 2.33. The summed E-state index contributed by atoms with van der Waals surface area (Å²) in [6.45, 7) is 0.430. The Labute approximate surface area is 129 Å². The second-order valence-electron chi connectivity index (χ2n) is 5.38. The first-order chi connectivity index (χ1) is 10.0. The Hall–Kier alpha value is -1.53. The average Bonchev–Trinajstić information content (AvgIpc) is 2.91. The predicted molar refractivity (Wildman–Crippen MR) is 83.3 cm³/mol. The van der Waals surface area contributed by atoms with E-state index in [4.69, 9.17) is 5.73 Å². The molecule has 0 spiro atoms. The monoisotopic (exact) mass is 308 g/mol. The standard InChI is InChI=1S/C15H20N2O3S/c16-12(10-21)13(18)17-8-4-7-15(17,14(19)20)9-11-5-2-1-3-6-11/h1-3,5-6,12,21H,4,7-10,16H2,(H,19,20). The van der Waals surface area contributed by atoms with E-state index in [1.165, 1.54) is 4.90 Å². The summed E-state index contributed by atoms with van der Waals surface area (Å²) < 4.78 is 0. The van der Waals surface area contributed by atoms with Gasteiger partial charge >= 0.3 is 5.97 Å². The molecule has 0 aliphatic carbocycles. The van der Waals surface area contributed by atoms with Crippen molar-refractivity contribution >= 4 is 24.5 Å². The number of benzene rings is 1. The summed E-state index contributed by atoms with van der Waals surface area (Å²) in [6.07, 6.45) is 1.42. The zero-order chi connectivity index (χ0) is 15.5. The number of carboxylic acid groups (broad SMARTS) is 1. The van der Waals surface area contributed by atoms with Gasteiger partial charge in [0.15, 0.2) is 0 Å². The summed E-state index contributed by atoms with van der Waals surface area (Å²) in [5, 5.41) is 9.75. The van der Waals surface area contributed by atoms with Crippen LogP contribution in [-0.4, -0.2) is 45.8 Å². The first-order valence-corrected chi connectivity index (χ1v) is 7.60. The fraction of sp³-hybridized carbons (Fsp3) is 0.467. The predicted octanol–water partition coefficient (Wildman–Crippen LogP) is 0.932. The lowest BCUT2D eigenvalue weighted by Gasteiger charge is -2.36. The molecule has 1 amide bonds. The van der Waals surface area contributed by atoms with Gasteiger partial charge in [0.1, 0.15) is 5.54 Å². The topological polar surface area (TPSA) is 83.6 Å². The number of rotatable bonds is 5. The lowest BCUT2D eigenvalue weighted by molar-refractivity contribution is -0.156. The summed E-state index contributed by atoms with van der Waals surface area (Å²) >= 11 is 4.04. The zero-order valence-electron chi connectivity index (χ0n) is 11.7. The smallest absolute Gasteiger partial charge is 0.329 e. The number of thiol groups is 1. The number of carbonyl (C=O) groups excluding carboxylic acids is 1. The van der Waals surface area contributed by atoms with Gasteiger partial charge in [0.25, 0.3) is 0 Å². The van der Waals surface area contributed by atoms with Gasteiger partial charge in [0.05, 0.1) is 6.04 Å². The molecule has 5 nitrogen and oxygen atoms in total. The van der Waals surface area contributed by atoms with Gasteiger partial charge in [-0.25, -0.2) is 4.79 Å². The fourth-order valence-electron chi connectivity index (χ4n) is 2.89. The molecule has 1 aromatic rings. The number of nitrogens with two attached hydrogens (primary N) is 1. The molecule has 2 unspecified atom stereocenters. The van der Waals surface area contributed by atoms with Crippen LogP contribution in [0.25, 0.3) is 0 Å². The third kappa shape index (κ3) is 3.06. The molecule has 1 fully saturated rings. The lowest BCUT2D eigenvalue weighted by Crippen LogP contribution is -2.58. The molecule has 0 saturated carbocycles. The maximum absolute atomic E-state index is 12.4. The highest BCUT2D eigenvalue weighted by Gasteiger charge is 2.50. The Balaban J connectivity index is 2.32. The number of carbonyl (C=O) groups is 2. The van der Waals surface area contributed by atoms with Crippen LogP contribution in [0.15, 0.2) is 30.3 Å². The van der Waals surface area contributed by atoms with Crippen LogP contribution < -0.4 is 5.73 Å². The van der Waals surface area contributed by atoms with Gasteiger partial charge in [-0.05, 0) is 18.4 Å². The molecule has 1 aromatic carbocycles. The summed E-state index contributed by atoms with van der Waals surface area (Å²) in [4.78, 5) is 25.7. The molecule has 0 radical (unpaired) electrons. The van der Waals surface area contributed by atoms with E-state index < -0.39 is 17.6 Å². The number of carboxylic acids is 1. The van der Waals surface area contributed by atoms with Crippen molar-refractivity contribution in [2.75, 3.05) is 12.3 Å². The Morgan fingerprint density at radius 1 is 1.38 bits per heavy atom. The molecule has 3 N–H and O–H groups in total. The van der Waals surface area contributed by atoms with Crippen LogP contribution in [0.1, 0.15) is 18.4 Å². The number of hydrogen-bond donors (Lipinski definition) is 3. The van der Waals surface area contributed by atoms with Crippen LogP contribution in [0.4, 0.5) is 0 Å². The summed E-state index contributed by atoms with van der Waals surface area (Å²) in [5.74, 6) is -1.10. The molecule has 21 heavy (non-hydrogen) atoms. The molecule has 1 aliphatic heterocycles. The highest BCUT2D eigenvalue weighted by molar-refractivity contribution is 7.80. The van der Waals surface area contributed by atoms with Gasteiger partial charge in [0.2, 0.25) is 5.91 Å². The van der Waals surface area contributed by atoms with E-state index in [1.807, 2.05) is 30.3 Å². The van der Waals surface area contributed by atoms with Crippen molar-refractivity contribution in [2.45, 2.75) is 30.8 Å². The highest BCUT2D eigenvalue weighted by atomic mass is 32.1. The molecule has 114 valence electrons. The maximum atomic E-state index is 12.4. The largest absolute Gasteiger partial charge is 0.479 e. The van der Waals surface area contributed by atoms with E-state index in [-0.39, 0.29) is 11.7 Å². The van der Waals surface area contributed by atoms with Crippen LogP contribution in [0, 0.1) is 0 Å². The Kier molecular flexibility index (Phi) is 4.90. The van der Waals surface area contributed by atoms with Gasteiger partial charge < -0.3 is 15.7 Å². The van der Waals surface area contributed by atoms with Gasteiger partial charge in [-0.15, -0.1) is 0 Å². The van der Waals surface area contributed by atoms with E-state index in [0.29, 0.717) is 25.8 Å². The fourth-order valence-corrected chi connectivity index (χ4v) is 3.05. The normalized spacial score (nSPS) is 23.0. The molecule has 6 heteroatoms. The zero-order valence-corrected chi connectivity index (χ0v) is 12.6. The number of likely N-dealkylation sites (tertiary alicyclic amines) is 1. The SMILES string of the molecule is NC(CS)C(=O)N1CCCC1(Cc1ccccc1)C(=O)O. The number of aliphatic carboxylic acids is 1. The Bertz CT molecular complexity index is 523. The second kappa shape index (κ2) is 6.49. The molecular formula is C15H20N2O3S. The van der Waals surface area contributed by atoms with E-state index in [1.54, 1.807) is 0 Å². The third-order valence-corrected chi connectivity index (χ3v) is 4.40. The summed E-state index contributed by atoms with van der Waals surface area (Å²) in [6, 6.07) is 8.61. The summed E-state index contributed by atoms with van der Waals surface area (Å²) in [7, 11) is 0. The van der Waals surface area contributed by atoms with Crippen molar-refractivity contribution in [3.8, 4) is 0 Å². The Morgan fingerprint density at radius 3 is 2.62 bits per heavy atom. The van der Waals surface area contributed by atoms with Crippen LogP contribution in [0.2, 0.25) is 0 Å². The minimum Gasteiger partial charge on any atom is -0.479 e. The van der Waals surface area contributed by atoms with Gasteiger partial charge in [-0.1, -0.05) is 30.3 Å². The third-order valence-electron chi connectivity index (χ3n) is 4.01. The van der Waals surface area contributed by atoms with E-state index in [9.17, 15) is 14.7 Å². The maximum Gasteiger partial charge on any atom is 0.329 e. The van der Waals surface area contributed by atoms with E-state index in [0.717, 1.165) is 5.56 Å². The van der Waals surface area contributed by atoms with Gasteiger partial charge in [-0.2, -0.15) is 12.6 Å². The molecule has 2 rings (SSSR count). The van der Waals surface area contributed by atoms with Crippen LogP contribution in [0.3, 0.4) is 0 Å². The van der Waals surface area contributed by atoms with Crippen molar-refractivity contribution in [3.63, 3.8) is 0 Å². The van der Waals surface area contributed by atoms with Gasteiger partial charge in [-0.3, -0.25) is 4.79 Å². The van der Waals surface area contributed by atoms with Crippen molar-refractivity contribution in [1.82, 2.24) is 4.90 Å². The quantitative estimate of drug-likeness (QED) is 0.707. The van der Waals surface area contributed by atoms with Crippen molar-refractivity contribution in [2.24, 2.45) is 5.73 Å². The average molecular weight is 308 g/mol. The number of amides is 1. The van der Waals surface area contributed by atoms with E-state index in [2.05, 4.69) is 12.6 Å². The van der Waals surface area contributed by atoms with Crippen LogP contribution in [0.5, 0.6) is 0 Å². The molecule has 2 atom stereocenters. The Morgan fingerprint density at radius 2 is 2.05 bits per heavy atom. The molecule has 0 bridgehead atoms. The minimum atomic E-state index is -1.20. The van der Waals surface area contributed by atoms with E-state index >= 15 is 0 Å². The van der Waals surface area contributed by atoms with Crippen molar-refractivity contribution in [1.29, 1.82) is 0 Å². The number of hydrogen-bond acceptors (Lipinski definition) is 4. The van der Waals surface area contributed by atoms with Crippen LogP contribution in [-0.2, 0) is 16.0 Å². The summed E-state index contributed by atoms with van der Waals surface area (Å²) in [5.41, 5.74) is 5.46. The molecule has 1 aliphatic rings. The van der Waals surface area contributed by atoms with Crippen molar-refractivity contribution in [3.05, 3.63) is 35.9 Å². The number of nitrogens with zero attached hydrogens (tertiary/aromatic N) is 1. The molecule has 1 heterocycles. The molecule has 0 aromatic heterocycles. The van der Waals surface area contributed by atoms with Gasteiger partial charge in [0, 0.05) is 18.7 Å². The first kappa shape index (κ1) is 15.9. The second-order valence-corrected chi connectivity index (χ2v) is 5.75.